The quantitative estimate of drug-likeness (QED) is 0.751. The van der Waals surface area contributed by atoms with E-state index in [1.165, 1.54) is 0 Å². The number of hydrogen-bond acceptors (Lipinski definition) is 4. The van der Waals surface area contributed by atoms with Gasteiger partial charge in [0.1, 0.15) is 0 Å². The van der Waals surface area contributed by atoms with E-state index in [4.69, 9.17) is 4.74 Å². The Balaban J connectivity index is 1.87. The van der Waals surface area contributed by atoms with Crippen molar-refractivity contribution in [3.8, 4) is 0 Å². The first kappa shape index (κ1) is 13.8. The summed E-state index contributed by atoms with van der Waals surface area (Å²) < 4.78 is 5.30. The molecule has 2 aromatic rings. The van der Waals surface area contributed by atoms with Crippen molar-refractivity contribution >= 4 is 16.6 Å². The van der Waals surface area contributed by atoms with Gasteiger partial charge < -0.3 is 15.2 Å². The predicted octanol–water partition coefficient (Wildman–Crippen LogP) is 2.43. The van der Waals surface area contributed by atoms with E-state index in [2.05, 4.69) is 10.3 Å². The Morgan fingerprint density at radius 1 is 1.37 bits per heavy atom. The Bertz CT molecular complexity index is 516. The second kappa shape index (κ2) is 7.07. The lowest BCUT2D eigenvalue weighted by Crippen LogP contribution is -2.25. The molecule has 1 heterocycles. The van der Waals surface area contributed by atoms with Gasteiger partial charge in [0.2, 0.25) is 0 Å². The van der Waals surface area contributed by atoms with E-state index < -0.39 is 6.10 Å². The maximum Gasteiger partial charge on any atom is 0.0945 e. The SMILES string of the molecule is CCCOCC(O)CNc1ccc2ncccc2c1. The van der Waals surface area contributed by atoms with Gasteiger partial charge in [-0.15, -0.1) is 0 Å². The number of aliphatic hydroxyl groups excluding tert-OH is 1. The molecule has 19 heavy (non-hydrogen) atoms. The van der Waals surface area contributed by atoms with Crippen LogP contribution in [0.15, 0.2) is 36.5 Å². The molecule has 0 aliphatic heterocycles. The Morgan fingerprint density at radius 2 is 2.26 bits per heavy atom. The largest absolute Gasteiger partial charge is 0.389 e. The summed E-state index contributed by atoms with van der Waals surface area (Å²) in [6, 6.07) is 9.91. The van der Waals surface area contributed by atoms with Crippen LogP contribution in [-0.4, -0.2) is 36.0 Å². The van der Waals surface area contributed by atoms with Crippen molar-refractivity contribution < 1.29 is 9.84 Å². The number of fused-ring (bicyclic) bond motifs is 1. The van der Waals surface area contributed by atoms with Gasteiger partial charge in [0.25, 0.3) is 0 Å². The Kier molecular flexibility index (Phi) is 5.12. The number of ether oxygens (including phenoxy) is 1. The highest BCUT2D eigenvalue weighted by atomic mass is 16.5. The molecule has 1 atom stereocenters. The van der Waals surface area contributed by atoms with Gasteiger partial charge in [-0.2, -0.15) is 0 Å². The first-order valence-electron chi connectivity index (χ1n) is 6.64. The maximum atomic E-state index is 9.75. The van der Waals surface area contributed by atoms with Crippen molar-refractivity contribution in [3.63, 3.8) is 0 Å². The Hall–Kier alpha value is -1.65. The fourth-order valence-corrected chi connectivity index (χ4v) is 1.84. The number of benzene rings is 1. The topological polar surface area (TPSA) is 54.4 Å². The summed E-state index contributed by atoms with van der Waals surface area (Å²) >= 11 is 0. The van der Waals surface area contributed by atoms with E-state index in [9.17, 15) is 5.11 Å². The lowest BCUT2D eigenvalue weighted by Gasteiger charge is -2.13. The fourth-order valence-electron chi connectivity index (χ4n) is 1.84. The number of pyridine rings is 1. The highest BCUT2D eigenvalue weighted by Gasteiger charge is 2.04. The van der Waals surface area contributed by atoms with Gasteiger partial charge in [-0.25, -0.2) is 0 Å². The molecule has 102 valence electrons. The molecular formula is C15H20N2O2. The van der Waals surface area contributed by atoms with Gasteiger partial charge in [0.15, 0.2) is 0 Å². The number of anilines is 1. The molecule has 0 saturated carbocycles. The van der Waals surface area contributed by atoms with E-state index in [1.807, 2.05) is 37.3 Å². The van der Waals surface area contributed by atoms with Crippen LogP contribution in [0.1, 0.15) is 13.3 Å². The van der Waals surface area contributed by atoms with Crippen molar-refractivity contribution in [1.29, 1.82) is 0 Å². The molecule has 0 amide bonds. The minimum Gasteiger partial charge on any atom is -0.389 e. The lowest BCUT2D eigenvalue weighted by molar-refractivity contribution is 0.0437. The first-order valence-corrected chi connectivity index (χ1v) is 6.64. The van der Waals surface area contributed by atoms with E-state index in [1.54, 1.807) is 6.20 Å². The molecule has 1 aromatic heterocycles. The monoisotopic (exact) mass is 260 g/mol. The molecule has 1 unspecified atom stereocenters. The number of aromatic nitrogens is 1. The number of nitrogens with one attached hydrogen (secondary N) is 1. The third kappa shape index (κ3) is 4.19. The minimum atomic E-state index is -0.490. The van der Waals surface area contributed by atoms with E-state index in [-0.39, 0.29) is 0 Å². The zero-order valence-electron chi connectivity index (χ0n) is 11.2. The number of rotatable bonds is 7. The summed E-state index contributed by atoms with van der Waals surface area (Å²) in [6.45, 7) is 3.60. The van der Waals surface area contributed by atoms with Crippen LogP contribution in [0.2, 0.25) is 0 Å². The molecule has 0 spiro atoms. The lowest BCUT2D eigenvalue weighted by atomic mass is 10.2. The summed E-state index contributed by atoms with van der Waals surface area (Å²) in [7, 11) is 0. The molecule has 0 fully saturated rings. The van der Waals surface area contributed by atoms with Crippen LogP contribution in [-0.2, 0) is 4.74 Å². The van der Waals surface area contributed by atoms with Crippen LogP contribution >= 0.6 is 0 Å². The van der Waals surface area contributed by atoms with Crippen molar-refractivity contribution in [3.05, 3.63) is 36.5 Å². The Morgan fingerprint density at radius 3 is 3.11 bits per heavy atom. The third-order valence-corrected chi connectivity index (χ3v) is 2.80. The van der Waals surface area contributed by atoms with Gasteiger partial charge in [-0.05, 0) is 30.7 Å². The number of hydrogen-bond donors (Lipinski definition) is 2. The summed E-state index contributed by atoms with van der Waals surface area (Å²) in [5, 5.41) is 14.0. The van der Waals surface area contributed by atoms with E-state index >= 15 is 0 Å². The predicted molar refractivity (Wildman–Crippen MR) is 77.3 cm³/mol. The summed E-state index contributed by atoms with van der Waals surface area (Å²) in [4.78, 5) is 4.27. The molecule has 0 radical (unpaired) electrons. The van der Waals surface area contributed by atoms with Crippen LogP contribution in [0.3, 0.4) is 0 Å². The van der Waals surface area contributed by atoms with Crippen LogP contribution in [0.4, 0.5) is 5.69 Å². The second-order valence-electron chi connectivity index (χ2n) is 4.52. The molecule has 0 bridgehead atoms. The molecule has 2 rings (SSSR count). The number of aliphatic hydroxyl groups is 1. The maximum absolute atomic E-state index is 9.75. The zero-order chi connectivity index (χ0) is 13.5. The molecule has 2 N–H and O–H groups in total. The fraction of sp³-hybridized carbons (Fsp3) is 0.400. The summed E-state index contributed by atoms with van der Waals surface area (Å²) in [6.07, 6.45) is 2.26. The average molecular weight is 260 g/mol. The number of nitrogens with zero attached hydrogens (tertiary/aromatic N) is 1. The molecule has 0 aliphatic carbocycles. The highest BCUT2D eigenvalue weighted by Crippen LogP contribution is 2.16. The summed E-state index contributed by atoms with van der Waals surface area (Å²) in [5.41, 5.74) is 1.95. The van der Waals surface area contributed by atoms with Crippen molar-refractivity contribution in [2.45, 2.75) is 19.4 Å². The van der Waals surface area contributed by atoms with Crippen molar-refractivity contribution in [2.24, 2.45) is 0 Å². The van der Waals surface area contributed by atoms with Gasteiger partial charge in [-0.1, -0.05) is 13.0 Å². The van der Waals surface area contributed by atoms with Crippen molar-refractivity contribution in [2.75, 3.05) is 25.1 Å². The molecule has 0 saturated heterocycles. The average Bonchev–Trinajstić information content (AvgIpc) is 2.45. The molecular weight excluding hydrogens is 240 g/mol. The van der Waals surface area contributed by atoms with E-state index in [0.717, 1.165) is 23.0 Å². The second-order valence-corrected chi connectivity index (χ2v) is 4.52. The minimum absolute atomic E-state index is 0.371. The Labute approximate surface area is 113 Å². The van der Waals surface area contributed by atoms with E-state index in [0.29, 0.717) is 19.8 Å². The zero-order valence-corrected chi connectivity index (χ0v) is 11.2. The highest BCUT2D eigenvalue weighted by molar-refractivity contribution is 5.82. The summed E-state index contributed by atoms with van der Waals surface area (Å²) in [5.74, 6) is 0. The van der Waals surface area contributed by atoms with Crippen LogP contribution < -0.4 is 5.32 Å². The molecule has 4 nitrogen and oxygen atoms in total. The normalized spacial score (nSPS) is 12.5. The van der Waals surface area contributed by atoms with Gasteiger partial charge in [0, 0.05) is 30.4 Å². The van der Waals surface area contributed by atoms with Crippen molar-refractivity contribution in [1.82, 2.24) is 4.98 Å². The standard InChI is InChI=1S/C15H20N2O2/c1-2-8-19-11-14(18)10-17-13-5-6-15-12(9-13)4-3-7-16-15/h3-7,9,14,17-18H,2,8,10-11H2,1H3. The molecule has 0 aliphatic rings. The van der Waals surface area contributed by atoms with Crippen LogP contribution in [0, 0.1) is 0 Å². The molecule has 1 aromatic carbocycles. The van der Waals surface area contributed by atoms with Gasteiger partial charge >= 0.3 is 0 Å². The van der Waals surface area contributed by atoms with Gasteiger partial charge in [0.05, 0.1) is 18.2 Å². The smallest absolute Gasteiger partial charge is 0.0945 e. The van der Waals surface area contributed by atoms with Crippen LogP contribution in [0.25, 0.3) is 10.9 Å². The van der Waals surface area contributed by atoms with Crippen LogP contribution in [0.5, 0.6) is 0 Å². The molecule has 4 heteroatoms. The van der Waals surface area contributed by atoms with Gasteiger partial charge in [-0.3, -0.25) is 4.98 Å². The first-order chi connectivity index (χ1) is 9.29. The third-order valence-electron chi connectivity index (χ3n) is 2.80.